The molecule has 5 atom stereocenters. The average Bonchev–Trinajstić information content (AvgIpc) is 2.69. The monoisotopic (exact) mass is 406 g/mol. The van der Waals surface area contributed by atoms with Crippen molar-refractivity contribution in [1.29, 1.82) is 0 Å². The molecular weight excluding hydrogens is 384 g/mol. The standard InChI is InChI=1S/C20H22O9/c21-9-16-17(25)18(26)19(27)20(29-16)28-13-6-11(5-12(22)8-13)2-1-10-3-4-14(23)15(24)7-10/h1-8,16-27H,9H2/b2-1+/t16-,17-,18+,19-,20?/m0/s1. The molecule has 9 nitrogen and oxygen atoms in total. The Morgan fingerprint density at radius 1 is 0.828 bits per heavy atom. The highest BCUT2D eigenvalue weighted by Crippen LogP contribution is 2.29. The van der Waals surface area contributed by atoms with Crippen molar-refractivity contribution in [3.63, 3.8) is 0 Å². The molecule has 2 aromatic carbocycles. The zero-order valence-electron chi connectivity index (χ0n) is 15.2. The van der Waals surface area contributed by atoms with Crippen LogP contribution >= 0.6 is 0 Å². The molecule has 1 unspecified atom stereocenters. The molecule has 1 aliphatic rings. The predicted molar refractivity (Wildman–Crippen MR) is 101 cm³/mol. The number of aromatic hydroxyl groups is 3. The molecule has 9 heteroatoms. The first kappa shape index (κ1) is 20.9. The Balaban J connectivity index is 1.78. The van der Waals surface area contributed by atoms with Crippen LogP contribution in [0.2, 0.25) is 0 Å². The van der Waals surface area contributed by atoms with Crippen LogP contribution in [0.3, 0.4) is 0 Å². The van der Waals surface area contributed by atoms with E-state index in [1.807, 2.05) is 0 Å². The molecule has 1 aliphatic heterocycles. The normalized spacial score (nSPS) is 27.2. The quantitative estimate of drug-likeness (QED) is 0.271. The van der Waals surface area contributed by atoms with Gasteiger partial charge in [0, 0.05) is 6.07 Å². The minimum absolute atomic E-state index is 0.113. The lowest BCUT2D eigenvalue weighted by molar-refractivity contribution is -0.277. The summed E-state index contributed by atoms with van der Waals surface area (Å²) in [4.78, 5) is 0. The van der Waals surface area contributed by atoms with Gasteiger partial charge in [0.15, 0.2) is 11.5 Å². The Labute approximate surface area is 165 Å². The van der Waals surface area contributed by atoms with Gasteiger partial charge in [-0.15, -0.1) is 0 Å². The summed E-state index contributed by atoms with van der Waals surface area (Å²) in [6, 6.07) is 8.52. The zero-order chi connectivity index (χ0) is 21.1. The first-order valence-corrected chi connectivity index (χ1v) is 8.80. The fourth-order valence-electron chi connectivity index (χ4n) is 2.91. The summed E-state index contributed by atoms with van der Waals surface area (Å²) in [5.74, 6) is -0.535. The van der Waals surface area contributed by atoms with Gasteiger partial charge in [0.05, 0.1) is 6.61 Å². The Morgan fingerprint density at radius 3 is 2.24 bits per heavy atom. The first-order valence-electron chi connectivity index (χ1n) is 8.80. The first-order chi connectivity index (χ1) is 13.8. The van der Waals surface area contributed by atoms with Crippen LogP contribution < -0.4 is 4.74 Å². The third-order valence-electron chi connectivity index (χ3n) is 4.48. The van der Waals surface area contributed by atoms with Gasteiger partial charge in [0.2, 0.25) is 6.29 Å². The average molecular weight is 406 g/mol. The van der Waals surface area contributed by atoms with Crippen LogP contribution in [-0.4, -0.2) is 73.1 Å². The maximum atomic E-state index is 10.1. The van der Waals surface area contributed by atoms with Crippen LogP contribution in [0.15, 0.2) is 36.4 Å². The van der Waals surface area contributed by atoms with E-state index in [0.717, 1.165) is 0 Å². The Morgan fingerprint density at radius 2 is 1.55 bits per heavy atom. The SMILES string of the molecule is OC[C@@H]1OC(Oc2cc(O)cc(/C=C/c3ccc(O)c(O)c3)c2)[C@@H](O)[C@H](O)[C@H]1O. The van der Waals surface area contributed by atoms with E-state index < -0.39 is 37.3 Å². The Hall–Kier alpha value is -2.82. The van der Waals surface area contributed by atoms with Crippen molar-refractivity contribution in [3.05, 3.63) is 47.5 Å². The van der Waals surface area contributed by atoms with E-state index in [1.165, 1.54) is 30.3 Å². The van der Waals surface area contributed by atoms with Crippen molar-refractivity contribution < 1.29 is 45.2 Å². The molecule has 0 bridgehead atoms. The summed E-state index contributed by atoms with van der Waals surface area (Å²) in [6.07, 6.45) is -3.90. The van der Waals surface area contributed by atoms with Gasteiger partial charge in [-0.2, -0.15) is 0 Å². The fraction of sp³-hybridized carbons (Fsp3) is 0.300. The summed E-state index contributed by atoms with van der Waals surface area (Å²) in [6.45, 7) is -0.585. The largest absolute Gasteiger partial charge is 0.508 e. The lowest BCUT2D eigenvalue weighted by Crippen LogP contribution is -2.60. The van der Waals surface area contributed by atoms with Gasteiger partial charge < -0.3 is 45.2 Å². The molecule has 29 heavy (non-hydrogen) atoms. The molecule has 1 heterocycles. The number of ether oxygens (including phenoxy) is 2. The smallest absolute Gasteiger partial charge is 0.229 e. The second-order valence-electron chi connectivity index (χ2n) is 6.66. The van der Waals surface area contributed by atoms with Gasteiger partial charge in [-0.05, 0) is 35.4 Å². The number of rotatable bonds is 5. The summed E-state index contributed by atoms with van der Waals surface area (Å²) >= 11 is 0. The predicted octanol–water partition coefficient (Wildman–Crippen LogP) is 0.152. The van der Waals surface area contributed by atoms with Crippen LogP contribution in [0.5, 0.6) is 23.0 Å². The van der Waals surface area contributed by atoms with Crippen LogP contribution in [0, 0.1) is 0 Å². The van der Waals surface area contributed by atoms with E-state index in [1.54, 1.807) is 18.2 Å². The van der Waals surface area contributed by atoms with E-state index in [4.69, 9.17) is 9.47 Å². The Bertz CT molecular complexity index is 880. The van der Waals surface area contributed by atoms with Gasteiger partial charge in [0.1, 0.15) is 35.9 Å². The van der Waals surface area contributed by atoms with Crippen LogP contribution in [-0.2, 0) is 4.74 Å². The number of hydrogen-bond donors (Lipinski definition) is 7. The maximum absolute atomic E-state index is 10.1. The lowest BCUT2D eigenvalue weighted by atomic mass is 9.99. The lowest BCUT2D eigenvalue weighted by Gasteiger charge is -2.39. The number of aliphatic hydroxyl groups excluding tert-OH is 4. The van der Waals surface area contributed by atoms with Gasteiger partial charge in [-0.3, -0.25) is 0 Å². The minimum Gasteiger partial charge on any atom is -0.508 e. The molecule has 0 amide bonds. The summed E-state index contributed by atoms with van der Waals surface area (Å²) in [7, 11) is 0. The molecule has 0 spiro atoms. The molecule has 0 aliphatic carbocycles. The minimum atomic E-state index is -1.58. The van der Waals surface area contributed by atoms with E-state index in [9.17, 15) is 35.7 Å². The molecule has 156 valence electrons. The van der Waals surface area contributed by atoms with Crippen molar-refractivity contribution in [2.45, 2.75) is 30.7 Å². The van der Waals surface area contributed by atoms with E-state index in [-0.39, 0.29) is 23.0 Å². The number of benzene rings is 2. The van der Waals surface area contributed by atoms with Crippen molar-refractivity contribution in [2.75, 3.05) is 6.61 Å². The molecule has 0 radical (unpaired) electrons. The summed E-state index contributed by atoms with van der Waals surface area (Å²) in [5, 5.41) is 67.8. The molecule has 2 aromatic rings. The van der Waals surface area contributed by atoms with Gasteiger partial charge in [-0.1, -0.05) is 18.2 Å². The maximum Gasteiger partial charge on any atom is 0.229 e. The third-order valence-corrected chi connectivity index (χ3v) is 4.48. The van der Waals surface area contributed by atoms with Crippen LogP contribution in [0.25, 0.3) is 12.2 Å². The molecular formula is C20H22O9. The van der Waals surface area contributed by atoms with Crippen molar-refractivity contribution in [1.82, 2.24) is 0 Å². The number of hydrogen-bond acceptors (Lipinski definition) is 9. The van der Waals surface area contributed by atoms with E-state index >= 15 is 0 Å². The van der Waals surface area contributed by atoms with Crippen molar-refractivity contribution >= 4 is 12.2 Å². The van der Waals surface area contributed by atoms with Crippen molar-refractivity contribution in [3.8, 4) is 23.0 Å². The molecule has 1 fully saturated rings. The highest BCUT2D eigenvalue weighted by Gasteiger charge is 2.44. The second kappa shape index (κ2) is 8.68. The van der Waals surface area contributed by atoms with Gasteiger partial charge in [0.25, 0.3) is 0 Å². The summed E-state index contributed by atoms with van der Waals surface area (Å²) < 4.78 is 10.8. The zero-order valence-corrected chi connectivity index (χ0v) is 15.2. The number of phenolic OH excluding ortho intramolecular Hbond substituents is 3. The van der Waals surface area contributed by atoms with Crippen molar-refractivity contribution in [2.24, 2.45) is 0 Å². The highest BCUT2D eigenvalue weighted by molar-refractivity contribution is 5.72. The van der Waals surface area contributed by atoms with Gasteiger partial charge in [-0.25, -0.2) is 0 Å². The molecule has 1 saturated heterocycles. The molecule has 3 rings (SSSR count). The fourth-order valence-corrected chi connectivity index (χ4v) is 2.91. The summed E-state index contributed by atoms with van der Waals surface area (Å²) in [5.41, 5.74) is 1.11. The topological polar surface area (TPSA) is 160 Å². The molecule has 0 saturated carbocycles. The molecule has 0 aromatic heterocycles. The van der Waals surface area contributed by atoms with Crippen LogP contribution in [0.4, 0.5) is 0 Å². The Kier molecular flexibility index (Phi) is 6.26. The highest BCUT2D eigenvalue weighted by atomic mass is 16.7. The number of phenols is 3. The second-order valence-corrected chi connectivity index (χ2v) is 6.66. The van der Waals surface area contributed by atoms with Gasteiger partial charge >= 0.3 is 0 Å². The third kappa shape index (κ3) is 4.78. The van der Waals surface area contributed by atoms with E-state index in [0.29, 0.717) is 11.1 Å². The van der Waals surface area contributed by atoms with E-state index in [2.05, 4.69) is 0 Å². The number of aliphatic hydroxyl groups is 4. The van der Waals surface area contributed by atoms with Crippen LogP contribution in [0.1, 0.15) is 11.1 Å². The molecule has 7 N–H and O–H groups in total.